The van der Waals surface area contributed by atoms with Crippen LogP contribution in [0.1, 0.15) is 30.0 Å². The third-order valence-corrected chi connectivity index (χ3v) is 7.76. The fourth-order valence-electron chi connectivity index (χ4n) is 5.66. The molecule has 2 aromatic carbocycles. The Bertz CT molecular complexity index is 1770. The molecule has 210 valence electrons. The number of likely N-dealkylation sites (tertiary alicyclic amines) is 1. The van der Waals surface area contributed by atoms with Gasteiger partial charge < -0.3 is 24.7 Å². The first kappa shape index (κ1) is 26.5. The lowest BCUT2D eigenvalue weighted by atomic mass is 9.89. The zero-order chi connectivity index (χ0) is 28.7. The normalized spacial score (nSPS) is 17.3. The molecule has 0 bridgehead atoms. The molecule has 11 heteroatoms. The number of nitrogen functional groups attached to an aromatic ring is 1. The van der Waals surface area contributed by atoms with E-state index in [1.807, 2.05) is 59.8 Å². The summed E-state index contributed by atoms with van der Waals surface area (Å²) in [5.74, 6) is 1.62. The van der Waals surface area contributed by atoms with Crippen LogP contribution in [-0.2, 0) is 16.6 Å². The quantitative estimate of drug-likeness (QED) is 0.296. The monoisotopic (exact) mass is 552 g/mol. The number of carbonyl (C=O) groups is 1. The number of aromatic nitrogens is 6. The Hall–Kier alpha value is -4.77. The smallest absolute Gasteiger partial charge is 0.246 e. The molecule has 1 unspecified atom stereocenters. The molecule has 41 heavy (non-hydrogen) atoms. The van der Waals surface area contributed by atoms with E-state index in [2.05, 4.69) is 21.5 Å². The maximum Gasteiger partial charge on any atom is 0.246 e. The number of piperidine rings is 1. The number of amides is 1. The number of hydrogen-bond acceptors (Lipinski definition) is 8. The predicted molar refractivity (Wildman–Crippen MR) is 156 cm³/mol. The number of nitrogens with two attached hydrogens (primary N) is 1. The SMILES string of the molecule is C=CC(=O)N1CC(c2nn(-c3ccc(Oc4ccc5c(c4)ncn5C)c(C)c3)c3ncnc(N)c23)CC[C@@H]1COC. The van der Waals surface area contributed by atoms with Crippen molar-refractivity contribution in [2.75, 3.05) is 26.0 Å². The summed E-state index contributed by atoms with van der Waals surface area (Å²) in [4.78, 5) is 27.8. The Balaban J connectivity index is 1.34. The Kier molecular flexibility index (Phi) is 6.88. The molecule has 11 nitrogen and oxygen atoms in total. The molecular formula is C30H32N8O3. The highest BCUT2D eigenvalue weighted by Crippen LogP contribution is 2.37. The second-order valence-corrected chi connectivity index (χ2v) is 10.4. The van der Waals surface area contributed by atoms with Crippen molar-refractivity contribution in [1.82, 2.24) is 34.2 Å². The first-order chi connectivity index (χ1) is 19.9. The van der Waals surface area contributed by atoms with Crippen molar-refractivity contribution in [3.63, 3.8) is 0 Å². The molecular weight excluding hydrogens is 520 g/mol. The zero-order valence-corrected chi connectivity index (χ0v) is 23.3. The van der Waals surface area contributed by atoms with Crippen LogP contribution in [0.25, 0.3) is 27.8 Å². The van der Waals surface area contributed by atoms with Crippen molar-refractivity contribution in [1.29, 1.82) is 0 Å². The largest absolute Gasteiger partial charge is 0.457 e. The Morgan fingerprint density at radius 2 is 2.02 bits per heavy atom. The van der Waals surface area contributed by atoms with Crippen molar-refractivity contribution in [3.05, 3.63) is 73.0 Å². The van der Waals surface area contributed by atoms with Gasteiger partial charge in [0.05, 0.1) is 46.8 Å². The molecule has 0 radical (unpaired) electrons. The summed E-state index contributed by atoms with van der Waals surface area (Å²) >= 11 is 0. The number of fused-ring (bicyclic) bond motifs is 2. The van der Waals surface area contributed by atoms with E-state index < -0.39 is 0 Å². The molecule has 2 N–H and O–H groups in total. The van der Waals surface area contributed by atoms with E-state index in [0.29, 0.717) is 35.8 Å². The van der Waals surface area contributed by atoms with Crippen molar-refractivity contribution in [2.24, 2.45) is 7.05 Å². The third-order valence-electron chi connectivity index (χ3n) is 7.76. The Morgan fingerprint density at radius 1 is 1.17 bits per heavy atom. The van der Waals surface area contributed by atoms with E-state index in [1.165, 1.54) is 12.4 Å². The van der Waals surface area contributed by atoms with Gasteiger partial charge in [0, 0.05) is 32.7 Å². The number of ether oxygens (including phenoxy) is 2. The second-order valence-electron chi connectivity index (χ2n) is 10.4. The van der Waals surface area contributed by atoms with Gasteiger partial charge in [0.15, 0.2) is 5.65 Å². The standard InChI is InChI=1S/C30H32N8O3/c1-5-26(39)37-14-19(6-7-21(37)15-40-4)28-27-29(31)32-16-33-30(27)38(35-28)20-8-11-25(18(2)12-20)41-22-9-10-24-23(13-22)34-17-36(24)3/h5,8-13,16-17,19,21H,1,6-7,14-15H2,2-4H3,(H2,31,32,33)/t19?,21-/m1/s1. The second kappa shape index (κ2) is 10.7. The van der Waals surface area contributed by atoms with Crippen molar-refractivity contribution >= 4 is 33.8 Å². The number of methoxy groups -OCH3 is 1. The van der Waals surface area contributed by atoms with Gasteiger partial charge >= 0.3 is 0 Å². The van der Waals surface area contributed by atoms with Gasteiger partial charge in [-0.15, -0.1) is 0 Å². The molecule has 0 spiro atoms. The molecule has 6 rings (SSSR count). The number of hydrogen-bond donors (Lipinski definition) is 1. The number of anilines is 1. The van der Waals surface area contributed by atoms with E-state index in [9.17, 15) is 4.79 Å². The highest BCUT2D eigenvalue weighted by Gasteiger charge is 2.34. The van der Waals surface area contributed by atoms with Gasteiger partial charge in [0.2, 0.25) is 5.91 Å². The summed E-state index contributed by atoms with van der Waals surface area (Å²) in [6.07, 6.45) is 6.17. The third kappa shape index (κ3) is 4.78. The fraction of sp³-hybridized carbons (Fsp3) is 0.300. The van der Waals surface area contributed by atoms with E-state index >= 15 is 0 Å². The Morgan fingerprint density at radius 3 is 2.80 bits per heavy atom. The number of nitrogens with zero attached hydrogens (tertiary/aromatic N) is 7. The number of carbonyl (C=O) groups excluding carboxylic acids is 1. The molecule has 1 fully saturated rings. The molecule has 1 aliphatic rings. The van der Waals surface area contributed by atoms with Gasteiger partial charge in [-0.25, -0.2) is 19.6 Å². The van der Waals surface area contributed by atoms with Crippen LogP contribution in [0.15, 0.2) is 61.7 Å². The lowest BCUT2D eigenvalue weighted by Crippen LogP contribution is -2.47. The summed E-state index contributed by atoms with van der Waals surface area (Å²) in [6, 6.07) is 11.7. The first-order valence-electron chi connectivity index (χ1n) is 13.5. The molecule has 1 saturated heterocycles. The van der Waals surface area contributed by atoms with Crippen LogP contribution in [-0.4, -0.2) is 66.4 Å². The average molecular weight is 553 g/mol. The van der Waals surface area contributed by atoms with Crippen molar-refractivity contribution < 1.29 is 14.3 Å². The van der Waals surface area contributed by atoms with E-state index in [0.717, 1.165) is 46.6 Å². The van der Waals surface area contributed by atoms with Crippen molar-refractivity contribution in [3.8, 4) is 17.2 Å². The molecule has 3 aromatic heterocycles. The van der Waals surface area contributed by atoms with Gasteiger partial charge in [-0.05, 0) is 61.7 Å². The van der Waals surface area contributed by atoms with Crippen LogP contribution in [0.5, 0.6) is 11.5 Å². The fourth-order valence-corrected chi connectivity index (χ4v) is 5.66. The number of benzene rings is 2. The molecule has 0 aliphatic carbocycles. The lowest BCUT2D eigenvalue weighted by Gasteiger charge is -2.38. The minimum Gasteiger partial charge on any atom is -0.457 e. The maximum atomic E-state index is 12.7. The lowest BCUT2D eigenvalue weighted by molar-refractivity contribution is -0.131. The molecule has 1 amide bonds. The van der Waals surface area contributed by atoms with Gasteiger partial charge in [-0.1, -0.05) is 6.58 Å². The summed E-state index contributed by atoms with van der Waals surface area (Å²) < 4.78 is 15.4. The van der Waals surface area contributed by atoms with Crippen LogP contribution in [0.3, 0.4) is 0 Å². The van der Waals surface area contributed by atoms with E-state index in [-0.39, 0.29) is 17.9 Å². The number of imidazole rings is 1. The molecule has 0 saturated carbocycles. The summed E-state index contributed by atoms with van der Waals surface area (Å²) in [7, 11) is 3.61. The summed E-state index contributed by atoms with van der Waals surface area (Å²) in [5, 5.41) is 5.72. The minimum atomic E-state index is -0.127. The van der Waals surface area contributed by atoms with E-state index in [1.54, 1.807) is 18.1 Å². The minimum absolute atomic E-state index is 0.0164. The zero-order valence-electron chi connectivity index (χ0n) is 23.3. The highest BCUT2D eigenvalue weighted by molar-refractivity contribution is 5.90. The molecule has 4 heterocycles. The number of aryl methyl sites for hydroxylation is 2. The van der Waals surface area contributed by atoms with Crippen LogP contribution in [0.4, 0.5) is 5.82 Å². The molecule has 2 atom stereocenters. The van der Waals surface area contributed by atoms with Crippen molar-refractivity contribution in [2.45, 2.75) is 31.7 Å². The predicted octanol–water partition coefficient (Wildman–Crippen LogP) is 4.29. The van der Waals surface area contributed by atoms with Gasteiger partial charge in [-0.3, -0.25) is 4.79 Å². The molecule has 5 aromatic rings. The van der Waals surface area contributed by atoms with Gasteiger partial charge in [0.25, 0.3) is 0 Å². The average Bonchev–Trinajstić information content (AvgIpc) is 3.55. The van der Waals surface area contributed by atoms with Gasteiger partial charge in [-0.2, -0.15) is 5.10 Å². The summed E-state index contributed by atoms with van der Waals surface area (Å²) in [6.45, 7) is 6.62. The van der Waals surface area contributed by atoms with Gasteiger partial charge in [0.1, 0.15) is 23.6 Å². The van der Waals surface area contributed by atoms with Crippen LogP contribution < -0.4 is 10.5 Å². The topological polar surface area (TPSA) is 126 Å². The Labute approximate surface area is 237 Å². The highest BCUT2D eigenvalue weighted by atomic mass is 16.5. The maximum absolute atomic E-state index is 12.7. The van der Waals surface area contributed by atoms with E-state index in [4.69, 9.17) is 20.3 Å². The summed E-state index contributed by atoms with van der Waals surface area (Å²) in [5.41, 5.74) is 11.4. The van der Waals surface area contributed by atoms with Crippen LogP contribution >= 0.6 is 0 Å². The number of rotatable bonds is 7. The van der Waals surface area contributed by atoms with Crippen LogP contribution in [0, 0.1) is 6.92 Å². The molecule has 1 aliphatic heterocycles. The first-order valence-corrected chi connectivity index (χ1v) is 13.5. The van der Waals surface area contributed by atoms with Crippen LogP contribution in [0.2, 0.25) is 0 Å².